The van der Waals surface area contributed by atoms with Crippen LogP contribution in [0.5, 0.6) is 0 Å². The van der Waals surface area contributed by atoms with E-state index in [-0.39, 0.29) is 5.56 Å². The monoisotopic (exact) mass is 217 g/mol. The smallest absolute Gasteiger partial charge is 0.165 e. The molecule has 0 amide bonds. The van der Waals surface area contributed by atoms with Gasteiger partial charge in [-0.1, -0.05) is 6.07 Å². The van der Waals surface area contributed by atoms with Crippen LogP contribution in [0.2, 0.25) is 0 Å². The number of benzene rings is 1. The van der Waals surface area contributed by atoms with Crippen molar-refractivity contribution in [3.63, 3.8) is 0 Å². The lowest BCUT2D eigenvalue weighted by Gasteiger charge is -2.01. The summed E-state index contributed by atoms with van der Waals surface area (Å²) in [5, 5.41) is 16.4. The van der Waals surface area contributed by atoms with Crippen molar-refractivity contribution < 1.29 is 4.39 Å². The summed E-state index contributed by atoms with van der Waals surface area (Å²) < 4.78 is 13.0. The Hall–Kier alpha value is -2.42. The zero-order valence-corrected chi connectivity index (χ0v) is 8.26. The molecule has 1 aromatic heterocycles. The van der Waals surface area contributed by atoms with Crippen LogP contribution in [0.15, 0.2) is 24.4 Å². The maximum Gasteiger partial charge on any atom is 0.165 e. The van der Waals surface area contributed by atoms with Gasteiger partial charge in [-0.15, -0.1) is 5.10 Å². The summed E-state index contributed by atoms with van der Waals surface area (Å²) in [6.07, 6.45) is 1.43. The molecule has 5 nitrogen and oxygen atoms in total. The van der Waals surface area contributed by atoms with E-state index in [1.807, 2.05) is 0 Å². The topological polar surface area (TPSA) is 80.5 Å². The fourth-order valence-corrected chi connectivity index (χ4v) is 1.31. The van der Waals surface area contributed by atoms with Crippen LogP contribution in [0.4, 0.5) is 10.2 Å². The van der Waals surface area contributed by atoms with Crippen molar-refractivity contribution in [2.24, 2.45) is 0 Å². The lowest BCUT2D eigenvalue weighted by molar-refractivity contribution is 0.588. The minimum absolute atomic E-state index is 0.0117. The Morgan fingerprint density at radius 3 is 2.94 bits per heavy atom. The number of nitrogens with two attached hydrogens (primary N) is 1. The Balaban J connectivity index is 2.26. The number of hydrogen-bond donors (Lipinski definition) is 1. The number of anilines is 1. The number of halogens is 1. The van der Waals surface area contributed by atoms with Crippen molar-refractivity contribution in [2.75, 3.05) is 5.73 Å². The molecule has 16 heavy (non-hydrogen) atoms. The Morgan fingerprint density at radius 1 is 1.50 bits per heavy atom. The van der Waals surface area contributed by atoms with E-state index in [1.54, 1.807) is 12.1 Å². The quantitative estimate of drug-likeness (QED) is 0.811. The average Bonchev–Trinajstić information content (AvgIpc) is 2.67. The molecule has 0 atom stereocenters. The van der Waals surface area contributed by atoms with Crippen LogP contribution in [0.25, 0.3) is 0 Å². The molecule has 0 aliphatic carbocycles. The predicted molar refractivity (Wildman–Crippen MR) is 54.7 cm³/mol. The fourth-order valence-electron chi connectivity index (χ4n) is 1.31. The molecule has 2 N–H and O–H groups in total. The lowest BCUT2D eigenvalue weighted by Crippen LogP contribution is -2.04. The molecule has 0 saturated carbocycles. The van der Waals surface area contributed by atoms with Crippen LogP contribution in [0.3, 0.4) is 0 Å². The molecule has 0 saturated heterocycles. The van der Waals surface area contributed by atoms with E-state index < -0.39 is 5.82 Å². The van der Waals surface area contributed by atoms with E-state index in [9.17, 15) is 4.39 Å². The van der Waals surface area contributed by atoms with E-state index in [1.165, 1.54) is 23.1 Å². The van der Waals surface area contributed by atoms with Crippen molar-refractivity contribution >= 4 is 5.82 Å². The molecule has 1 aromatic carbocycles. The van der Waals surface area contributed by atoms with E-state index in [0.717, 1.165) is 5.56 Å². The summed E-state index contributed by atoms with van der Waals surface area (Å²) in [5.41, 5.74) is 6.16. The van der Waals surface area contributed by atoms with Crippen molar-refractivity contribution in [3.05, 3.63) is 41.3 Å². The van der Waals surface area contributed by atoms with Gasteiger partial charge in [-0.2, -0.15) is 15.2 Å². The Kier molecular flexibility index (Phi) is 2.52. The standard InChI is InChI=1S/C10H8FN5/c11-9-2-1-7(3-8(9)4-12)6-16-14-5-10(13)15-16/h1-3,5H,6H2,(H2,13,15). The van der Waals surface area contributed by atoms with E-state index >= 15 is 0 Å². The molecule has 0 spiro atoms. The summed E-state index contributed by atoms with van der Waals surface area (Å²) >= 11 is 0. The predicted octanol–water partition coefficient (Wildman–Crippen LogP) is 0.919. The van der Waals surface area contributed by atoms with Crippen LogP contribution in [0, 0.1) is 17.1 Å². The molecule has 80 valence electrons. The van der Waals surface area contributed by atoms with E-state index in [0.29, 0.717) is 12.4 Å². The number of rotatable bonds is 2. The van der Waals surface area contributed by atoms with Crippen molar-refractivity contribution in [3.8, 4) is 6.07 Å². The van der Waals surface area contributed by atoms with Gasteiger partial charge >= 0.3 is 0 Å². The zero-order valence-electron chi connectivity index (χ0n) is 8.26. The molecule has 0 bridgehead atoms. The lowest BCUT2D eigenvalue weighted by atomic mass is 10.1. The molecule has 0 radical (unpaired) electrons. The molecular weight excluding hydrogens is 209 g/mol. The maximum absolute atomic E-state index is 13.0. The van der Waals surface area contributed by atoms with E-state index in [4.69, 9.17) is 11.0 Å². The summed E-state index contributed by atoms with van der Waals surface area (Å²) in [5.74, 6) is -0.207. The second-order valence-electron chi connectivity index (χ2n) is 3.23. The first-order valence-electron chi connectivity index (χ1n) is 4.53. The van der Waals surface area contributed by atoms with Gasteiger partial charge in [0.05, 0.1) is 18.3 Å². The molecule has 2 rings (SSSR count). The molecule has 2 aromatic rings. The van der Waals surface area contributed by atoms with Crippen LogP contribution in [-0.4, -0.2) is 15.0 Å². The Bertz CT molecular complexity index is 555. The van der Waals surface area contributed by atoms with Crippen LogP contribution in [0.1, 0.15) is 11.1 Å². The summed E-state index contributed by atoms with van der Waals surface area (Å²) in [7, 11) is 0. The number of hydrogen-bond acceptors (Lipinski definition) is 4. The van der Waals surface area contributed by atoms with Crippen molar-refractivity contribution in [2.45, 2.75) is 6.54 Å². The van der Waals surface area contributed by atoms with Gasteiger partial charge in [0.2, 0.25) is 0 Å². The Labute approximate surface area is 90.9 Å². The SMILES string of the molecule is N#Cc1cc(Cn2ncc(N)n2)ccc1F. The highest BCUT2D eigenvalue weighted by Crippen LogP contribution is 2.10. The molecule has 0 unspecified atom stereocenters. The number of nitrogens with zero attached hydrogens (tertiary/aromatic N) is 4. The van der Waals surface area contributed by atoms with Gasteiger partial charge in [-0.05, 0) is 17.7 Å². The maximum atomic E-state index is 13.0. The van der Waals surface area contributed by atoms with Crippen LogP contribution >= 0.6 is 0 Å². The van der Waals surface area contributed by atoms with Gasteiger partial charge in [0.1, 0.15) is 11.9 Å². The number of nitrogen functional groups attached to an aromatic ring is 1. The largest absolute Gasteiger partial charge is 0.381 e. The number of nitriles is 1. The molecule has 0 aliphatic heterocycles. The first-order valence-corrected chi connectivity index (χ1v) is 4.53. The molecule has 0 fully saturated rings. The highest BCUT2D eigenvalue weighted by molar-refractivity contribution is 5.34. The fraction of sp³-hybridized carbons (Fsp3) is 0.100. The molecular formula is C10H8FN5. The van der Waals surface area contributed by atoms with Crippen LogP contribution < -0.4 is 5.73 Å². The molecule has 1 heterocycles. The highest BCUT2D eigenvalue weighted by atomic mass is 19.1. The third kappa shape index (κ3) is 1.98. The summed E-state index contributed by atoms with van der Waals surface area (Å²) in [6.45, 7) is 0.353. The van der Waals surface area contributed by atoms with Crippen molar-refractivity contribution in [1.29, 1.82) is 5.26 Å². The van der Waals surface area contributed by atoms with Gasteiger partial charge in [0, 0.05) is 0 Å². The minimum Gasteiger partial charge on any atom is -0.381 e. The van der Waals surface area contributed by atoms with Gasteiger partial charge < -0.3 is 5.73 Å². The van der Waals surface area contributed by atoms with Gasteiger partial charge in [0.15, 0.2) is 5.82 Å². The normalized spacial score (nSPS) is 10.0. The first-order chi connectivity index (χ1) is 7.69. The van der Waals surface area contributed by atoms with Gasteiger partial charge in [-0.25, -0.2) is 4.39 Å². The summed E-state index contributed by atoms with van der Waals surface area (Å²) in [4.78, 5) is 1.38. The average molecular weight is 217 g/mol. The third-order valence-corrected chi connectivity index (χ3v) is 2.03. The molecule has 6 heteroatoms. The highest BCUT2D eigenvalue weighted by Gasteiger charge is 2.04. The summed E-state index contributed by atoms with van der Waals surface area (Å²) in [6, 6.07) is 6.07. The first kappa shape index (κ1) is 10.1. The van der Waals surface area contributed by atoms with Crippen LogP contribution in [-0.2, 0) is 6.54 Å². The van der Waals surface area contributed by atoms with Gasteiger partial charge in [-0.3, -0.25) is 0 Å². The molecule has 0 aliphatic rings. The third-order valence-electron chi connectivity index (χ3n) is 2.03. The minimum atomic E-state index is -0.529. The second kappa shape index (κ2) is 3.98. The van der Waals surface area contributed by atoms with Crippen molar-refractivity contribution in [1.82, 2.24) is 15.0 Å². The van der Waals surface area contributed by atoms with Gasteiger partial charge in [0.25, 0.3) is 0 Å². The second-order valence-corrected chi connectivity index (χ2v) is 3.23. The number of aromatic nitrogens is 3. The van der Waals surface area contributed by atoms with E-state index in [2.05, 4.69) is 10.2 Å². The zero-order chi connectivity index (χ0) is 11.5. The Morgan fingerprint density at radius 2 is 2.31 bits per heavy atom.